The average Bonchev–Trinajstić information content (AvgIpc) is 2.03. The molecule has 0 atom stereocenters. The van der Waals surface area contributed by atoms with Crippen LogP contribution in [0.15, 0.2) is 18.3 Å². The lowest BCUT2D eigenvalue weighted by Gasteiger charge is -1.95. The van der Waals surface area contributed by atoms with E-state index in [1.807, 2.05) is 0 Å². The van der Waals surface area contributed by atoms with Crippen LogP contribution in [-0.4, -0.2) is 11.5 Å². The van der Waals surface area contributed by atoms with Gasteiger partial charge in [0.15, 0.2) is 0 Å². The molecule has 0 saturated heterocycles. The zero-order chi connectivity index (χ0) is 8.97. The summed E-state index contributed by atoms with van der Waals surface area (Å²) in [5.74, 6) is -0.438. The molecular formula is C8H8ClFN2. The first kappa shape index (κ1) is 9.16. The van der Waals surface area contributed by atoms with Crippen molar-refractivity contribution < 1.29 is 4.39 Å². The third-order valence-corrected chi connectivity index (χ3v) is 1.45. The second-order valence-corrected chi connectivity index (χ2v) is 2.60. The van der Waals surface area contributed by atoms with Crippen LogP contribution in [-0.2, 0) is 0 Å². The summed E-state index contributed by atoms with van der Waals surface area (Å²) in [6.07, 6.45) is 4.53. The van der Waals surface area contributed by atoms with Crippen LogP contribution in [0.3, 0.4) is 0 Å². The lowest BCUT2D eigenvalue weighted by molar-refractivity contribution is 0.618. The van der Waals surface area contributed by atoms with Gasteiger partial charge in [-0.25, -0.2) is 4.39 Å². The molecule has 0 spiro atoms. The van der Waals surface area contributed by atoms with E-state index in [0.29, 0.717) is 6.54 Å². The van der Waals surface area contributed by atoms with Crippen LogP contribution in [0.4, 0.5) is 4.39 Å². The fourth-order valence-electron chi connectivity index (χ4n) is 0.727. The van der Waals surface area contributed by atoms with Crippen LogP contribution in [0.5, 0.6) is 0 Å². The second-order valence-electron chi connectivity index (χ2n) is 2.16. The van der Waals surface area contributed by atoms with Gasteiger partial charge in [-0.05, 0) is 12.1 Å². The van der Waals surface area contributed by atoms with Crippen molar-refractivity contribution in [3.63, 3.8) is 0 Å². The van der Waals surface area contributed by atoms with Gasteiger partial charge >= 0.3 is 0 Å². The highest BCUT2D eigenvalue weighted by Crippen LogP contribution is 2.12. The highest BCUT2D eigenvalue weighted by Gasteiger charge is 1.99. The fraction of sp³-hybridized carbons (Fsp3) is 0.125. The minimum absolute atomic E-state index is 0.254. The molecule has 1 aromatic heterocycles. The van der Waals surface area contributed by atoms with Crippen LogP contribution >= 0.6 is 11.6 Å². The van der Waals surface area contributed by atoms with Gasteiger partial charge in [-0.15, -0.1) is 0 Å². The summed E-state index contributed by atoms with van der Waals surface area (Å²) in [4.78, 5) is 3.77. The van der Waals surface area contributed by atoms with Crippen molar-refractivity contribution in [3.8, 4) is 0 Å². The van der Waals surface area contributed by atoms with Gasteiger partial charge in [0.25, 0.3) is 0 Å². The van der Waals surface area contributed by atoms with E-state index in [9.17, 15) is 4.39 Å². The molecule has 0 bridgehead atoms. The molecule has 64 valence electrons. The number of nitrogens with zero attached hydrogens (tertiary/aromatic N) is 1. The van der Waals surface area contributed by atoms with Crippen LogP contribution in [0.25, 0.3) is 6.08 Å². The van der Waals surface area contributed by atoms with Gasteiger partial charge in [0.05, 0.1) is 10.7 Å². The molecule has 1 rings (SSSR count). The zero-order valence-corrected chi connectivity index (χ0v) is 7.05. The van der Waals surface area contributed by atoms with Crippen molar-refractivity contribution in [2.24, 2.45) is 5.73 Å². The third-order valence-electron chi connectivity index (χ3n) is 1.25. The molecule has 0 saturated carbocycles. The molecule has 0 aliphatic rings. The molecule has 0 unspecified atom stereocenters. The van der Waals surface area contributed by atoms with Crippen molar-refractivity contribution in [2.75, 3.05) is 6.54 Å². The Kier molecular flexibility index (Phi) is 3.19. The number of pyridine rings is 1. The molecule has 1 aromatic rings. The summed E-state index contributed by atoms with van der Waals surface area (Å²) in [6, 6.07) is 1.21. The first-order valence-electron chi connectivity index (χ1n) is 3.41. The van der Waals surface area contributed by atoms with Crippen molar-refractivity contribution in [1.82, 2.24) is 4.98 Å². The van der Waals surface area contributed by atoms with E-state index in [-0.39, 0.29) is 10.7 Å². The minimum Gasteiger partial charge on any atom is -0.327 e. The SMILES string of the molecule is NCC=Cc1ncc(Cl)cc1F. The molecule has 0 amide bonds. The van der Waals surface area contributed by atoms with Gasteiger partial charge in [-0.3, -0.25) is 4.98 Å². The normalized spacial score (nSPS) is 10.9. The Labute approximate surface area is 74.9 Å². The molecule has 4 heteroatoms. The molecule has 0 fully saturated rings. The van der Waals surface area contributed by atoms with Gasteiger partial charge in [0.2, 0.25) is 0 Å². The van der Waals surface area contributed by atoms with Gasteiger partial charge in [0, 0.05) is 12.7 Å². The first-order valence-corrected chi connectivity index (χ1v) is 3.79. The Hall–Kier alpha value is -0.930. The zero-order valence-electron chi connectivity index (χ0n) is 6.30. The molecular weight excluding hydrogens is 179 g/mol. The molecule has 1 heterocycles. The van der Waals surface area contributed by atoms with Gasteiger partial charge in [0.1, 0.15) is 5.82 Å². The summed E-state index contributed by atoms with van der Waals surface area (Å²) >= 11 is 5.50. The van der Waals surface area contributed by atoms with Gasteiger partial charge in [-0.1, -0.05) is 17.7 Å². The fourth-order valence-corrected chi connectivity index (χ4v) is 0.872. The lowest BCUT2D eigenvalue weighted by atomic mass is 10.3. The molecule has 2 N–H and O–H groups in total. The maximum Gasteiger partial charge on any atom is 0.150 e. The number of nitrogens with two attached hydrogens (primary N) is 1. The molecule has 0 aliphatic carbocycles. The third kappa shape index (κ3) is 2.29. The van der Waals surface area contributed by atoms with E-state index in [2.05, 4.69) is 4.98 Å². The Bertz CT molecular complexity index is 299. The number of rotatable bonds is 2. The molecule has 0 aromatic carbocycles. The summed E-state index contributed by atoms with van der Waals surface area (Å²) in [7, 11) is 0. The van der Waals surface area contributed by atoms with Crippen LogP contribution in [0.1, 0.15) is 5.69 Å². The predicted octanol–water partition coefficient (Wildman–Crippen LogP) is 1.85. The van der Waals surface area contributed by atoms with E-state index in [1.165, 1.54) is 18.3 Å². The van der Waals surface area contributed by atoms with Crippen LogP contribution in [0.2, 0.25) is 5.02 Å². The lowest BCUT2D eigenvalue weighted by Crippen LogP contribution is -1.93. The second kappa shape index (κ2) is 4.18. The summed E-state index contributed by atoms with van der Waals surface area (Å²) in [5, 5.41) is 0.289. The number of hydrogen-bond donors (Lipinski definition) is 1. The van der Waals surface area contributed by atoms with E-state index in [0.717, 1.165) is 0 Å². The van der Waals surface area contributed by atoms with Crippen molar-refractivity contribution >= 4 is 17.7 Å². The van der Waals surface area contributed by atoms with Gasteiger partial charge in [-0.2, -0.15) is 0 Å². The van der Waals surface area contributed by atoms with Crippen LogP contribution in [0, 0.1) is 5.82 Å². The molecule has 2 nitrogen and oxygen atoms in total. The monoisotopic (exact) mass is 186 g/mol. The van der Waals surface area contributed by atoms with Gasteiger partial charge < -0.3 is 5.73 Å². The number of aromatic nitrogens is 1. The summed E-state index contributed by atoms with van der Waals surface area (Å²) in [6.45, 7) is 0.365. The maximum absolute atomic E-state index is 12.9. The van der Waals surface area contributed by atoms with Crippen molar-refractivity contribution in [1.29, 1.82) is 0 Å². The average molecular weight is 187 g/mol. The van der Waals surface area contributed by atoms with Crippen molar-refractivity contribution in [3.05, 3.63) is 34.9 Å². The minimum atomic E-state index is -0.438. The Morgan fingerprint density at radius 2 is 2.42 bits per heavy atom. The quantitative estimate of drug-likeness (QED) is 0.766. The Morgan fingerprint density at radius 3 is 3.00 bits per heavy atom. The smallest absolute Gasteiger partial charge is 0.150 e. The first-order chi connectivity index (χ1) is 5.74. The Balaban J connectivity index is 2.94. The van der Waals surface area contributed by atoms with E-state index >= 15 is 0 Å². The van der Waals surface area contributed by atoms with E-state index in [1.54, 1.807) is 6.08 Å². The topological polar surface area (TPSA) is 38.9 Å². The standard InChI is InChI=1S/C8H8ClFN2/c9-6-4-7(10)8(12-5-6)2-1-3-11/h1-2,4-5H,3,11H2. The largest absolute Gasteiger partial charge is 0.327 e. The maximum atomic E-state index is 12.9. The molecule has 0 radical (unpaired) electrons. The van der Waals surface area contributed by atoms with E-state index in [4.69, 9.17) is 17.3 Å². The highest BCUT2D eigenvalue weighted by molar-refractivity contribution is 6.30. The Morgan fingerprint density at radius 1 is 1.67 bits per heavy atom. The molecule has 12 heavy (non-hydrogen) atoms. The predicted molar refractivity (Wildman–Crippen MR) is 47.3 cm³/mol. The highest BCUT2D eigenvalue weighted by atomic mass is 35.5. The van der Waals surface area contributed by atoms with E-state index < -0.39 is 5.82 Å². The summed E-state index contributed by atoms with van der Waals surface area (Å²) in [5.41, 5.74) is 5.45. The van der Waals surface area contributed by atoms with Crippen LogP contribution < -0.4 is 5.73 Å². The number of hydrogen-bond acceptors (Lipinski definition) is 2. The molecule has 0 aliphatic heterocycles. The number of halogens is 2. The summed E-state index contributed by atoms with van der Waals surface area (Å²) < 4.78 is 12.9. The van der Waals surface area contributed by atoms with Crippen molar-refractivity contribution in [2.45, 2.75) is 0 Å².